The molecule has 1 heterocycles. The summed E-state index contributed by atoms with van der Waals surface area (Å²) in [5, 5.41) is 0.677. The molecule has 132 valence electrons. The van der Waals surface area contributed by atoms with Crippen LogP contribution in [-0.2, 0) is 9.53 Å². The first-order valence-electron chi connectivity index (χ1n) is 8.74. The Bertz CT molecular complexity index is 606. The quantitative estimate of drug-likeness (QED) is 0.827. The Kier molecular flexibility index (Phi) is 5.36. The molecule has 1 aromatic rings. The van der Waals surface area contributed by atoms with Crippen LogP contribution in [0.1, 0.15) is 37.7 Å². The third kappa shape index (κ3) is 3.55. The molecule has 1 amide bonds. The monoisotopic (exact) mass is 351 g/mol. The summed E-state index contributed by atoms with van der Waals surface area (Å²) in [4.78, 5) is 14.6. The second-order valence-electron chi connectivity index (χ2n) is 7.10. The molecule has 3 rings (SSSR count). The maximum absolute atomic E-state index is 12.6. The number of rotatable bonds is 4. The number of carbonyl (C=O) groups is 1. The zero-order chi connectivity index (χ0) is 17.2. The minimum atomic E-state index is 0.0604. The molecule has 0 aromatic heterocycles. The van der Waals surface area contributed by atoms with Gasteiger partial charge in [0.1, 0.15) is 5.75 Å². The Labute approximate surface area is 149 Å². The molecule has 2 aliphatic rings. The van der Waals surface area contributed by atoms with Gasteiger partial charge in [-0.2, -0.15) is 0 Å². The maximum atomic E-state index is 12.6. The van der Waals surface area contributed by atoms with Crippen LogP contribution in [0.4, 0.5) is 0 Å². The van der Waals surface area contributed by atoms with Crippen LogP contribution in [0, 0.1) is 12.3 Å². The highest BCUT2D eigenvalue weighted by atomic mass is 35.5. The molecule has 5 heteroatoms. The van der Waals surface area contributed by atoms with Gasteiger partial charge in [0.25, 0.3) is 5.91 Å². The topological polar surface area (TPSA) is 38.8 Å². The van der Waals surface area contributed by atoms with E-state index in [2.05, 4.69) is 0 Å². The summed E-state index contributed by atoms with van der Waals surface area (Å²) in [5.74, 6) is 0.778. The van der Waals surface area contributed by atoms with Crippen molar-refractivity contribution in [2.75, 3.05) is 26.8 Å². The fraction of sp³-hybridized carbons (Fsp3) is 0.632. The van der Waals surface area contributed by atoms with Gasteiger partial charge in [-0.1, -0.05) is 18.0 Å². The van der Waals surface area contributed by atoms with Crippen LogP contribution >= 0.6 is 11.6 Å². The third-order valence-electron chi connectivity index (χ3n) is 5.56. The first kappa shape index (κ1) is 17.6. The highest BCUT2D eigenvalue weighted by molar-refractivity contribution is 6.30. The van der Waals surface area contributed by atoms with Gasteiger partial charge < -0.3 is 14.4 Å². The largest absolute Gasteiger partial charge is 0.483 e. The maximum Gasteiger partial charge on any atom is 0.260 e. The summed E-state index contributed by atoms with van der Waals surface area (Å²) in [6.07, 6.45) is 5.96. The van der Waals surface area contributed by atoms with E-state index in [1.54, 1.807) is 13.2 Å². The molecule has 1 aromatic carbocycles. The van der Waals surface area contributed by atoms with Crippen molar-refractivity contribution in [2.45, 2.75) is 45.1 Å². The van der Waals surface area contributed by atoms with Crippen molar-refractivity contribution in [1.82, 2.24) is 4.90 Å². The Morgan fingerprint density at radius 3 is 2.92 bits per heavy atom. The van der Waals surface area contributed by atoms with Gasteiger partial charge in [0.05, 0.1) is 6.10 Å². The molecule has 1 saturated heterocycles. The Balaban J connectivity index is 1.60. The van der Waals surface area contributed by atoms with Crippen molar-refractivity contribution in [3.05, 3.63) is 28.8 Å². The summed E-state index contributed by atoms with van der Waals surface area (Å²) >= 11 is 5.96. The third-order valence-corrected chi connectivity index (χ3v) is 5.79. The number of halogens is 1. The number of piperidine rings is 1. The van der Waals surface area contributed by atoms with Crippen LogP contribution in [0.15, 0.2) is 18.2 Å². The minimum Gasteiger partial charge on any atom is -0.483 e. The summed E-state index contributed by atoms with van der Waals surface area (Å²) < 4.78 is 11.4. The summed E-state index contributed by atoms with van der Waals surface area (Å²) in [6, 6.07) is 5.45. The SMILES string of the molecule is CO[C@@H]1CCC[C@@]12CCCN(C(=O)COc1ccc(Cl)cc1C)C2. The lowest BCUT2D eigenvalue weighted by molar-refractivity contribution is -0.139. The number of nitrogens with zero attached hydrogens (tertiary/aromatic N) is 1. The smallest absolute Gasteiger partial charge is 0.260 e. The molecule has 1 aliphatic heterocycles. The Hall–Kier alpha value is -1.26. The highest BCUT2D eigenvalue weighted by Crippen LogP contribution is 2.46. The number of carbonyl (C=O) groups excluding carboxylic acids is 1. The van der Waals surface area contributed by atoms with Crippen molar-refractivity contribution in [1.29, 1.82) is 0 Å². The number of ether oxygens (including phenoxy) is 2. The number of hydrogen-bond acceptors (Lipinski definition) is 3. The lowest BCUT2D eigenvalue weighted by Crippen LogP contribution is -2.50. The molecule has 0 N–H and O–H groups in total. The van der Waals surface area contributed by atoms with Gasteiger partial charge in [-0.25, -0.2) is 0 Å². The molecule has 2 atom stereocenters. The van der Waals surface area contributed by atoms with Crippen molar-refractivity contribution in [3.63, 3.8) is 0 Å². The Morgan fingerprint density at radius 1 is 1.38 bits per heavy atom. The molecular formula is C19H26ClNO3. The van der Waals surface area contributed by atoms with Crippen molar-refractivity contribution >= 4 is 17.5 Å². The fourth-order valence-electron chi connectivity index (χ4n) is 4.32. The van der Waals surface area contributed by atoms with Gasteiger partial charge in [0.15, 0.2) is 6.61 Å². The van der Waals surface area contributed by atoms with Crippen molar-refractivity contribution in [3.8, 4) is 5.75 Å². The van der Waals surface area contributed by atoms with Gasteiger partial charge in [-0.15, -0.1) is 0 Å². The average Bonchev–Trinajstić information content (AvgIpc) is 2.95. The van der Waals surface area contributed by atoms with E-state index >= 15 is 0 Å². The second-order valence-corrected chi connectivity index (χ2v) is 7.53. The van der Waals surface area contributed by atoms with Crippen LogP contribution in [0.3, 0.4) is 0 Å². The summed E-state index contributed by atoms with van der Waals surface area (Å²) in [5.41, 5.74) is 1.10. The van der Waals surface area contributed by atoms with Gasteiger partial charge in [-0.3, -0.25) is 4.79 Å². The van der Waals surface area contributed by atoms with Gasteiger partial charge in [0.2, 0.25) is 0 Å². The molecule has 24 heavy (non-hydrogen) atoms. The molecule has 1 aliphatic carbocycles. The lowest BCUT2D eigenvalue weighted by atomic mass is 9.76. The predicted octanol–water partition coefficient (Wildman–Crippen LogP) is 3.83. The van der Waals surface area contributed by atoms with Gasteiger partial charge >= 0.3 is 0 Å². The zero-order valence-electron chi connectivity index (χ0n) is 14.5. The van der Waals surface area contributed by atoms with Gasteiger partial charge in [0, 0.05) is 30.6 Å². The second kappa shape index (κ2) is 7.32. The van der Waals surface area contributed by atoms with Crippen LogP contribution in [0.25, 0.3) is 0 Å². The lowest BCUT2D eigenvalue weighted by Gasteiger charge is -2.43. The van der Waals surface area contributed by atoms with E-state index in [-0.39, 0.29) is 24.0 Å². The predicted molar refractivity (Wildman–Crippen MR) is 94.6 cm³/mol. The summed E-state index contributed by atoms with van der Waals surface area (Å²) in [6.45, 7) is 3.63. The number of aryl methyl sites for hydroxylation is 1. The molecule has 2 fully saturated rings. The van der Waals surface area contributed by atoms with E-state index in [1.807, 2.05) is 24.0 Å². The first-order chi connectivity index (χ1) is 11.5. The van der Waals surface area contributed by atoms with E-state index in [1.165, 1.54) is 6.42 Å². The number of amides is 1. The molecule has 0 radical (unpaired) electrons. The number of benzene rings is 1. The molecule has 1 spiro atoms. The number of hydrogen-bond donors (Lipinski definition) is 0. The van der Waals surface area contributed by atoms with Crippen LogP contribution in [-0.4, -0.2) is 43.7 Å². The normalized spacial score (nSPS) is 26.8. The van der Waals surface area contributed by atoms with Crippen LogP contribution in [0.2, 0.25) is 5.02 Å². The fourth-order valence-corrected chi connectivity index (χ4v) is 4.55. The molecule has 4 nitrogen and oxygen atoms in total. The van der Waals surface area contributed by atoms with E-state index in [4.69, 9.17) is 21.1 Å². The standard InChI is InChI=1S/C19H26ClNO3/c1-14-11-15(20)6-7-16(14)24-12-18(22)21-10-4-9-19(13-21)8-3-5-17(19)23-2/h6-7,11,17H,3-5,8-10,12-13H2,1-2H3/t17-,19+/m1/s1. The number of methoxy groups -OCH3 is 1. The van der Waals surface area contributed by atoms with Crippen LogP contribution < -0.4 is 4.74 Å². The van der Waals surface area contributed by atoms with E-state index in [9.17, 15) is 4.79 Å². The highest BCUT2D eigenvalue weighted by Gasteiger charge is 2.46. The molecule has 0 unspecified atom stereocenters. The van der Waals surface area contributed by atoms with E-state index < -0.39 is 0 Å². The average molecular weight is 352 g/mol. The molecular weight excluding hydrogens is 326 g/mol. The van der Waals surface area contributed by atoms with Crippen LogP contribution in [0.5, 0.6) is 5.75 Å². The minimum absolute atomic E-state index is 0.0604. The molecule has 1 saturated carbocycles. The van der Waals surface area contributed by atoms with Crippen molar-refractivity contribution < 1.29 is 14.3 Å². The van der Waals surface area contributed by atoms with E-state index in [0.717, 1.165) is 50.1 Å². The Morgan fingerprint density at radius 2 is 2.17 bits per heavy atom. The van der Waals surface area contributed by atoms with Crippen molar-refractivity contribution in [2.24, 2.45) is 5.41 Å². The van der Waals surface area contributed by atoms with Gasteiger partial charge in [-0.05, 0) is 56.4 Å². The number of likely N-dealkylation sites (tertiary alicyclic amines) is 1. The summed E-state index contributed by atoms with van der Waals surface area (Å²) in [7, 11) is 1.80. The van der Waals surface area contributed by atoms with E-state index in [0.29, 0.717) is 5.02 Å². The zero-order valence-corrected chi connectivity index (χ0v) is 15.3. The molecule has 0 bridgehead atoms. The first-order valence-corrected chi connectivity index (χ1v) is 9.11.